The van der Waals surface area contributed by atoms with Crippen LogP contribution in [0.15, 0.2) is 24.3 Å². The highest BCUT2D eigenvalue weighted by Gasteiger charge is 2.23. The van der Waals surface area contributed by atoms with E-state index in [1.54, 1.807) is 31.2 Å². The smallest absolute Gasteiger partial charge is 0.413 e. The van der Waals surface area contributed by atoms with Gasteiger partial charge in [0.05, 0.1) is 19.8 Å². The normalized spacial score (nSPS) is 10.1. The van der Waals surface area contributed by atoms with Gasteiger partial charge in [0.2, 0.25) is 0 Å². The van der Waals surface area contributed by atoms with Crippen LogP contribution in [0.2, 0.25) is 0 Å². The number of ether oxygens (including phenoxy) is 2. The molecule has 8 heteroatoms. The predicted molar refractivity (Wildman–Crippen MR) is 94.6 cm³/mol. The molecule has 3 amide bonds. The average molecular weight is 362 g/mol. The summed E-state index contributed by atoms with van der Waals surface area (Å²) < 4.78 is 9.54. The maximum absolute atomic E-state index is 12.5. The van der Waals surface area contributed by atoms with Crippen molar-refractivity contribution in [2.24, 2.45) is 0 Å². The van der Waals surface area contributed by atoms with Crippen molar-refractivity contribution in [2.75, 3.05) is 19.5 Å². The number of rotatable bonds is 4. The molecule has 0 aliphatic heterocycles. The summed E-state index contributed by atoms with van der Waals surface area (Å²) in [5.74, 6) is -0.461. The van der Waals surface area contributed by atoms with Crippen LogP contribution in [-0.2, 0) is 4.74 Å². The molecular weight excluding hydrogens is 344 g/mol. The van der Waals surface area contributed by atoms with E-state index in [0.717, 1.165) is 4.88 Å². The monoisotopic (exact) mass is 362 g/mol. The van der Waals surface area contributed by atoms with E-state index in [9.17, 15) is 14.4 Å². The molecule has 1 heterocycles. The van der Waals surface area contributed by atoms with E-state index in [4.69, 9.17) is 4.74 Å². The second-order valence-corrected chi connectivity index (χ2v) is 6.34. The minimum absolute atomic E-state index is 0.240. The Balaban J connectivity index is 2.30. The Bertz CT molecular complexity index is 828. The number of thiophene rings is 1. The highest BCUT2D eigenvalue weighted by Crippen LogP contribution is 2.32. The summed E-state index contributed by atoms with van der Waals surface area (Å²) in [6.07, 6.45) is -0.863. The van der Waals surface area contributed by atoms with Crippen molar-refractivity contribution >= 4 is 34.2 Å². The lowest BCUT2D eigenvalue weighted by Gasteiger charge is -2.08. The van der Waals surface area contributed by atoms with Crippen LogP contribution in [0.1, 0.15) is 31.2 Å². The van der Waals surface area contributed by atoms with Crippen LogP contribution < -0.4 is 15.4 Å². The maximum atomic E-state index is 12.5. The Morgan fingerprint density at radius 1 is 1.08 bits per heavy atom. The molecule has 0 fully saturated rings. The fourth-order valence-corrected chi connectivity index (χ4v) is 3.19. The first-order chi connectivity index (χ1) is 11.9. The molecule has 132 valence electrons. The molecule has 0 atom stereocenters. The molecule has 25 heavy (non-hydrogen) atoms. The van der Waals surface area contributed by atoms with Gasteiger partial charge in [0.25, 0.3) is 11.8 Å². The van der Waals surface area contributed by atoms with Gasteiger partial charge in [-0.1, -0.05) is 6.07 Å². The van der Waals surface area contributed by atoms with Gasteiger partial charge in [-0.15, -0.1) is 11.3 Å². The first-order valence-electron chi connectivity index (χ1n) is 7.32. The van der Waals surface area contributed by atoms with E-state index in [-0.39, 0.29) is 11.5 Å². The molecule has 7 nitrogen and oxygen atoms in total. The van der Waals surface area contributed by atoms with Crippen molar-refractivity contribution < 1.29 is 23.9 Å². The van der Waals surface area contributed by atoms with Crippen molar-refractivity contribution in [2.45, 2.75) is 13.8 Å². The standard InChI is InChI=1S/C17H18N2O5S/c1-9-10(2)25-16(13(9)15(21)19-17(22)24-4)18-14(20)11-6-5-7-12(8-11)23-3/h5-8H,1-4H3,(H,18,20)(H,19,21,22). The largest absolute Gasteiger partial charge is 0.497 e. The average Bonchev–Trinajstić information content (AvgIpc) is 2.88. The number of hydrogen-bond acceptors (Lipinski definition) is 6. The van der Waals surface area contributed by atoms with Crippen LogP contribution in [0.25, 0.3) is 0 Å². The number of carbonyl (C=O) groups excluding carboxylic acids is 3. The highest BCUT2D eigenvalue weighted by atomic mass is 32.1. The van der Waals surface area contributed by atoms with Gasteiger partial charge in [-0.3, -0.25) is 14.9 Å². The van der Waals surface area contributed by atoms with Crippen molar-refractivity contribution in [3.63, 3.8) is 0 Å². The third-order valence-corrected chi connectivity index (χ3v) is 4.70. The number of amides is 3. The summed E-state index contributed by atoms with van der Waals surface area (Å²) in [6, 6.07) is 6.66. The van der Waals surface area contributed by atoms with Crippen molar-refractivity contribution in [3.8, 4) is 5.75 Å². The molecule has 2 aromatic rings. The molecule has 0 bridgehead atoms. The summed E-state index contributed by atoms with van der Waals surface area (Å²) in [5, 5.41) is 5.20. The summed E-state index contributed by atoms with van der Waals surface area (Å²) in [4.78, 5) is 36.9. The zero-order valence-electron chi connectivity index (χ0n) is 14.3. The SMILES string of the molecule is COC(=O)NC(=O)c1c(NC(=O)c2cccc(OC)c2)sc(C)c1C. The zero-order chi connectivity index (χ0) is 18.6. The maximum Gasteiger partial charge on any atom is 0.413 e. The Labute approximate surface area is 148 Å². The van der Waals surface area contributed by atoms with Gasteiger partial charge >= 0.3 is 6.09 Å². The molecular formula is C17H18N2O5S. The number of alkyl carbamates (subject to hydrolysis) is 1. The predicted octanol–water partition coefficient (Wildman–Crippen LogP) is 3.12. The Kier molecular flexibility index (Phi) is 5.76. The van der Waals surface area contributed by atoms with Crippen LogP contribution in [0.3, 0.4) is 0 Å². The lowest BCUT2D eigenvalue weighted by molar-refractivity contribution is 0.0937. The molecule has 2 N–H and O–H groups in total. The molecule has 0 saturated heterocycles. The van der Waals surface area contributed by atoms with Crippen molar-refractivity contribution in [1.29, 1.82) is 0 Å². The quantitative estimate of drug-likeness (QED) is 0.871. The van der Waals surface area contributed by atoms with Gasteiger partial charge in [-0.25, -0.2) is 4.79 Å². The van der Waals surface area contributed by atoms with E-state index < -0.39 is 12.0 Å². The number of hydrogen-bond donors (Lipinski definition) is 2. The van der Waals surface area contributed by atoms with E-state index in [2.05, 4.69) is 15.4 Å². The van der Waals surface area contributed by atoms with Crippen LogP contribution in [0, 0.1) is 13.8 Å². The summed E-state index contributed by atoms with van der Waals surface area (Å²) in [7, 11) is 2.68. The van der Waals surface area contributed by atoms with E-state index >= 15 is 0 Å². The van der Waals surface area contributed by atoms with E-state index in [1.165, 1.54) is 25.6 Å². The molecule has 1 aromatic heterocycles. The number of imide groups is 1. The van der Waals surface area contributed by atoms with Crippen LogP contribution in [0.4, 0.5) is 9.80 Å². The first kappa shape index (κ1) is 18.5. The summed E-state index contributed by atoms with van der Waals surface area (Å²) >= 11 is 1.26. The van der Waals surface area contributed by atoms with Gasteiger partial charge in [-0.2, -0.15) is 0 Å². The van der Waals surface area contributed by atoms with Gasteiger partial charge in [0, 0.05) is 10.4 Å². The Hall–Kier alpha value is -2.87. The van der Waals surface area contributed by atoms with E-state index in [1.807, 2.05) is 6.92 Å². The molecule has 0 saturated carbocycles. The lowest BCUT2D eigenvalue weighted by Crippen LogP contribution is -2.31. The Morgan fingerprint density at radius 3 is 2.44 bits per heavy atom. The summed E-state index contributed by atoms with van der Waals surface area (Å²) in [6.45, 7) is 3.58. The van der Waals surface area contributed by atoms with E-state index in [0.29, 0.717) is 21.9 Å². The van der Waals surface area contributed by atoms with Crippen molar-refractivity contribution in [1.82, 2.24) is 5.32 Å². The third-order valence-electron chi connectivity index (χ3n) is 3.57. The molecule has 0 spiro atoms. The molecule has 0 aliphatic rings. The van der Waals surface area contributed by atoms with Crippen molar-refractivity contribution in [3.05, 3.63) is 45.8 Å². The Morgan fingerprint density at radius 2 is 1.80 bits per heavy atom. The zero-order valence-corrected chi connectivity index (χ0v) is 15.1. The second-order valence-electron chi connectivity index (χ2n) is 5.12. The number of methoxy groups -OCH3 is 2. The third kappa shape index (κ3) is 4.16. The van der Waals surface area contributed by atoms with Gasteiger partial charge in [0.15, 0.2) is 0 Å². The second kappa shape index (κ2) is 7.80. The van der Waals surface area contributed by atoms with Crippen LogP contribution in [-0.4, -0.2) is 32.1 Å². The number of nitrogens with one attached hydrogen (secondary N) is 2. The molecule has 0 radical (unpaired) electrons. The number of anilines is 1. The number of carbonyl (C=O) groups is 3. The fourth-order valence-electron chi connectivity index (χ4n) is 2.13. The first-order valence-corrected chi connectivity index (χ1v) is 8.13. The summed E-state index contributed by atoms with van der Waals surface area (Å²) in [5.41, 5.74) is 1.32. The highest BCUT2D eigenvalue weighted by molar-refractivity contribution is 7.16. The minimum atomic E-state index is -0.863. The van der Waals surface area contributed by atoms with Crippen LogP contribution >= 0.6 is 11.3 Å². The number of aryl methyl sites for hydroxylation is 1. The molecule has 1 aromatic carbocycles. The number of benzene rings is 1. The molecule has 0 unspecified atom stereocenters. The van der Waals surface area contributed by atoms with Gasteiger partial charge in [0.1, 0.15) is 10.8 Å². The minimum Gasteiger partial charge on any atom is -0.497 e. The topological polar surface area (TPSA) is 93.7 Å². The fraction of sp³-hybridized carbons (Fsp3) is 0.235. The van der Waals surface area contributed by atoms with Gasteiger partial charge < -0.3 is 14.8 Å². The van der Waals surface area contributed by atoms with Gasteiger partial charge in [-0.05, 0) is 37.6 Å². The lowest BCUT2D eigenvalue weighted by atomic mass is 10.1. The molecule has 2 rings (SSSR count). The molecule has 0 aliphatic carbocycles. The van der Waals surface area contributed by atoms with Crippen LogP contribution in [0.5, 0.6) is 5.75 Å².